The number of rotatable bonds is 14. The SMILES string of the molecule is CC(C)(c1ccc(OCCCN(N)/C=C(\N)CSF)cc1)c1ccc(OCC(O)CCl)c(Cl)c1. The quantitative estimate of drug-likeness (QED) is 0.136. The zero-order valence-electron chi connectivity index (χ0n) is 19.3. The maximum Gasteiger partial charge on any atom is 0.138 e. The molecule has 0 aliphatic heterocycles. The third-order valence-electron chi connectivity index (χ3n) is 5.22. The number of nitrogens with two attached hydrogens (primary N) is 2. The van der Waals surface area contributed by atoms with Crippen molar-refractivity contribution in [2.24, 2.45) is 11.6 Å². The van der Waals surface area contributed by atoms with Crippen LogP contribution in [-0.2, 0) is 5.41 Å². The van der Waals surface area contributed by atoms with Gasteiger partial charge >= 0.3 is 0 Å². The molecule has 34 heavy (non-hydrogen) atoms. The van der Waals surface area contributed by atoms with E-state index in [1.165, 1.54) is 11.2 Å². The Labute approximate surface area is 215 Å². The molecule has 0 aliphatic carbocycles. The average Bonchev–Trinajstić information content (AvgIpc) is 2.81. The second kappa shape index (κ2) is 13.9. The van der Waals surface area contributed by atoms with Crippen molar-refractivity contribution in [2.75, 3.05) is 31.4 Å². The van der Waals surface area contributed by atoms with E-state index in [4.69, 9.17) is 44.3 Å². The third kappa shape index (κ3) is 8.74. The van der Waals surface area contributed by atoms with Crippen LogP contribution in [0.15, 0.2) is 54.4 Å². The molecule has 0 aromatic heterocycles. The summed E-state index contributed by atoms with van der Waals surface area (Å²) in [5.41, 5.74) is 7.83. The minimum atomic E-state index is -0.744. The lowest BCUT2D eigenvalue weighted by Crippen LogP contribution is -2.28. The number of benzene rings is 2. The van der Waals surface area contributed by atoms with Crippen molar-refractivity contribution < 1.29 is 18.5 Å². The first-order valence-electron chi connectivity index (χ1n) is 10.8. The van der Waals surface area contributed by atoms with Gasteiger partial charge < -0.3 is 25.3 Å². The number of hydrogen-bond donors (Lipinski definition) is 3. The van der Waals surface area contributed by atoms with Crippen molar-refractivity contribution >= 4 is 35.3 Å². The Bertz CT molecular complexity index is 932. The normalized spacial score (nSPS) is 13.0. The van der Waals surface area contributed by atoms with Crippen LogP contribution in [0.2, 0.25) is 5.02 Å². The molecule has 0 spiro atoms. The smallest absolute Gasteiger partial charge is 0.138 e. The third-order valence-corrected chi connectivity index (χ3v) is 6.32. The number of hydrogen-bond acceptors (Lipinski definition) is 7. The molecule has 0 fully saturated rings. The molecule has 0 aliphatic rings. The van der Waals surface area contributed by atoms with E-state index < -0.39 is 6.10 Å². The predicted octanol–water partition coefficient (Wildman–Crippen LogP) is 5.01. The van der Waals surface area contributed by atoms with Crippen LogP contribution in [0.25, 0.3) is 0 Å². The highest BCUT2D eigenvalue weighted by molar-refractivity contribution is 7.94. The van der Waals surface area contributed by atoms with Gasteiger partial charge in [-0.2, -0.15) is 3.89 Å². The highest BCUT2D eigenvalue weighted by atomic mass is 35.5. The summed E-state index contributed by atoms with van der Waals surface area (Å²) in [6.45, 7) is 5.33. The van der Waals surface area contributed by atoms with Crippen molar-refractivity contribution in [3.63, 3.8) is 0 Å². The number of halogens is 3. The standard InChI is InChI=1S/C24H32Cl2FN3O3S/c1-24(2,18-6-9-23(22(26)12-18)33-15-20(31)13-25)17-4-7-21(8-5-17)32-11-3-10-30(29)14-19(28)16-34-27/h4-9,12,14,20,31H,3,10-11,13,15-16,28-29H2,1-2H3/b19-14-. The van der Waals surface area contributed by atoms with Crippen molar-refractivity contribution in [1.29, 1.82) is 0 Å². The first-order chi connectivity index (χ1) is 16.2. The van der Waals surface area contributed by atoms with E-state index in [9.17, 15) is 8.99 Å². The van der Waals surface area contributed by atoms with Gasteiger partial charge in [0.2, 0.25) is 0 Å². The van der Waals surface area contributed by atoms with E-state index in [0.29, 0.717) is 36.0 Å². The molecule has 2 rings (SSSR count). The van der Waals surface area contributed by atoms with Gasteiger partial charge in [0.15, 0.2) is 0 Å². The number of hydrazine groups is 1. The Morgan fingerprint density at radius 2 is 1.88 bits per heavy atom. The Morgan fingerprint density at radius 1 is 1.21 bits per heavy atom. The molecule has 1 unspecified atom stereocenters. The number of alkyl halides is 1. The van der Waals surface area contributed by atoms with Crippen LogP contribution in [0.4, 0.5) is 3.89 Å². The Hall–Kier alpha value is -1.84. The van der Waals surface area contributed by atoms with E-state index in [-0.39, 0.29) is 35.8 Å². The largest absolute Gasteiger partial charge is 0.494 e. The lowest BCUT2D eigenvalue weighted by Gasteiger charge is -2.27. The summed E-state index contributed by atoms with van der Waals surface area (Å²) in [5.74, 6) is 7.27. The predicted molar refractivity (Wildman–Crippen MR) is 139 cm³/mol. The molecule has 10 heteroatoms. The van der Waals surface area contributed by atoms with Crippen molar-refractivity contribution in [2.45, 2.75) is 31.8 Å². The zero-order chi connectivity index (χ0) is 25.1. The lowest BCUT2D eigenvalue weighted by atomic mass is 9.78. The lowest BCUT2D eigenvalue weighted by molar-refractivity contribution is 0.125. The molecule has 2 aromatic carbocycles. The van der Waals surface area contributed by atoms with Gasteiger partial charge in [-0.25, -0.2) is 5.84 Å². The molecule has 0 bridgehead atoms. The summed E-state index contributed by atoms with van der Waals surface area (Å²) in [4.78, 5) is 0. The van der Waals surface area contributed by atoms with Gasteiger partial charge in [-0.05, 0) is 35.4 Å². The van der Waals surface area contributed by atoms with Crippen LogP contribution in [0.5, 0.6) is 11.5 Å². The number of aliphatic hydroxyl groups excluding tert-OH is 1. The molecule has 2 aromatic rings. The van der Waals surface area contributed by atoms with E-state index in [1.54, 1.807) is 6.07 Å². The van der Waals surface area contributed by atoms with Gasteiger partial charge in [-0.1, -0.05) is 43.6 Å². The Morgan fingerprint density at radius 3 is 2.50 bits per heavy atom. The van der Waals surface area contributed by atoms with E-state index in [1.807, 2.05) is 36.4 Å². The van der Waals surface area contributed by atoms with Gasteiger partial charge in [0.25, 0.3) is 0 Å². The monoisotopic (exact) mass is 531 g/mol. The van der Waals surface area contributed by atoms with Gasteiger partial charge in [0.1, 0.15) is 24.2 Å². The fourth-order valence-electron chi connectivity index (χ4n) is 3.19. The van der Waals surface area contributed by atoms with E-state index in [2.05, 4.69) is 13.8 Å². The molecule has 1 atom stereocenters. The summed E-state index contributed by atoms with van der Waals surface area (Å²) >= 11 is 12.2. The summed E-state index contributed by atoms with van der Waals surface area (Å²) < 4.78 is 23.5. The first-order valence-corrected chi connectivity index (χ1v) is 12.6. The first kappa shape index (κ1) is 28.4. The minimum Gasteiger partial charge on any atom is -0.494 e. The second-order valence-corrected chi connectivity index (χ2v) is 9.53. The second-order valence-electron chi connectivity index (χ2n) is 8.31. The fourth-order valence-corrected chi connectivity index (χ4v) is 3.71. The highest BCUT2D eigenvalue weighted by Gasteiger charge is 2.24. The van der Waals surface area contributed by atoms with Gasteiger partial charge in [0.05, 0.1) is 35.4 Å². The van der Waals surface area contributed by atoms with Gasteiger partial charge in [-0.15, -0.1) is 11.6 Å². The van der Waals surface area contributed by atoms with Crippen LogP contribution in [0.1, 0.15) is 31.4 Å². The molecule has 0 amide bonds. The van der Waals surface area contributed by atoms with Crippen LogP contribution in [-0.4, -0.2) is 47.6 Å². The molecule has 0 saturated carbocycles. The summed E-state index contributed by atoms with van der Waals surface area (Å²) in [6, 6.07) is 13.6. The summed E-state index contributed by atoms with van der Waals surface area (Å²) in [5, 5.41) is 11.5. The molecule has 188 valence electrons. The maximum atomic E-state index is 12.2. The molecule has 0 saturated heterocycles. The van der Waals surface area contributed by atoms with Crippen LogP contribution >= 0.6 is 35.3 Å². The topological polar surface area (TPSA) is 94.0 Å². The summed E-state index contributed by atoms with van der Waals surface area (Å²) in [6.07, 6.45) is 1.47. The van der Waals surface area contributed by atoms with Crippen molar-refractivity contribution in [1.82, 2.24) is 5.01 Å². The van der Waals surface area contributed by atoms with Crippen LogP contribution < -0.4 is 21.1 Å². The molecular formula is C24H32Cl2FN3O3S. The number of aliphatic hydroxyl groups is 1. The molecule has 5 N–H and O–H groups in total. The number of ether oxygens (including phenoxy) is 2. The van der Waals surface area contributed by atoms with E-state index in [0.717, 1.165) is 16.9 Å². The Kier molecular flexibility index (Phi) is 11.6. The van der Waals surface area contributed by atoms with Gasteiger partial charge in [0, 0.05) is 30.3 Å². The van der Waals surface area contributed by atoms with Crippen molar-refractivity contribution in [3.05, 3.63) is 70.5 Å². The van der Waals surface area contributed by atoms with Crippen LogP contribution in [0.3, 0.4) is 0 Å². The van der Waals surface area contributed by atoms with Crippen LogP contribution in [0, 0.1) is 0 Å². The fraction of sp³-hybridized carbons (Fsp3) is 0.417. The van der Waals surface area contributed by atoms with E-state index >= 15 is 0 Å². The van der Waals surface area contributed by atoms with Crippen molar-refractivity contribution in [3.8, 4) is 11.5 Å². The molecular weight excluding hydrogens is 500 g/mol. The molecule has 0 radical (unpaired) electrons. The molecule has 6 nitrogen and oxygen atoms in total. The summed E-state index contributed by atoms with van der Waals surface area (Å²) in [7, 11) is 0. The molecule has 0 heterocycles. The minimum absolute atomic E-state index is 0.0831. The Balaban J connectivity index is 1.93. The van der Waals surface area contributed by atoms with Gasteiger partial charge in [-0.3, -0.25) is 0 Å². The highest BCUT2D eigenvalue weighted by Crippen LogP contribution is 2.36. The number of nitrogens with zero attached hydrogens (tertiary/aromatic N) is 1. The maximum absolute atomic E-state index is 12.2. The zero-order valence-corrected chi connectivity index (χ0v) is 21.7. The average molecular weight is 533 g/mol.